The number of nitrogens with one attached hydrogen (secondary N) is 1. The van der Waals surface area contributed by atoms with E-state index in [0.717, 1.165) is 56.2 Å². The number of piperazine rings is 1. The molecule has 1 amide bonds. The van der Waals surface area contributed by atoms with Crippen molar-refractivity contribution in [2.45, 2.75) is 20.3 Å². The molecule has 6 nitrogen and oxygen atoms in total. The molecule has 3 aromatic rings. The second-order valence-electron chi connectivity index (χ2n) is 8.36. The lowest BCUT2D eigenvalue weighted by molar-refractivity contribution is 0.147. The first kappa shape index (κ1) is 21.6. The van der Waals surface area contributed by atoms with Crippen LogP contribution in [0.15, 0.2) is 48.5 Å². The summed E-state index contributed by atoms with van der Waals surface area (Å²) in [4.78, 5) is 16.9. The Morgan fingerprint density at radius 2 is 1.84 bits per heavy atom. The number of hydrogen-bond acceptors (Lipinski definition) is 6. The lowest BCUT2D eigenvalue weighted by atomic mass is 10.1. The molecule has 2 heterocycles. The molecule has 0 radical (unpaired) electrons. The first-order valence-electron chi connectivity index (χ1n) is 10.9. The van der Waals surface area contributed by atoms with Gasteiger partial charge in [-0.3, -0.25) is 10.2 Å². The largest absolute Gasteiger partial charge is 0.449 e. The van der Waals surface area contributed by atoms with E-state index < -0.39 is 0 Å². The molecule has 31 heavy (non-hydrogen) atoms. The van der Waals surface area contributed by atoms with Crippen LogP contribution in [0.25, 0.3) is 10.1 Å². The van der Waals surface area contributed by atoms with E-state index in [1.165, 1.54) is 10.1 Å². The van der Waals surface area contributed by atoms with E-state index in [1.54, 1.807) is 11.5 Å². The zero-order chi connectivity index (χ0) is 21.6. The number of amides is 1. The van der Waals surface area contributed by atoms with Crippen molar-refractivity contribution in [3.05, 3.63) is 54.1 Å². The SMILES string of the molecule is CC(C)COC(=O)Nc1ccccc1CCN1CCN(c2nsc3ccccc23)CC1. The first-order chi connectivity index (χ1) is 15.1. The summed E-state index contributed by atoms with van der Waals surface area (Å²) < 4.78 is 11.2. The van der Waals surface area contributed by atoms with Crippen LogP contribution in [0, 0.1) is 5.92 Å². The molecule has 1 aliphatic rings. The predicted molar refractivity (Wildman–Crippen MR) is 128 cm³/mol. The third kappa shape index (κ3) is 5.54. The van der Waals surface area contributed by atoms with Crippen LogP contribution >= 0.6 is 11.5 Å². The molecular weight excluding hydrogens is 408 g/mol. The first-order valence-corrected chi connectivity index (χ1v) is 11.7. The minimum Gasteiger partial charge on any atom is -0.449 e. The molecule has 7 heteroatoms. The van der Waals surface area contributed by atoms with Gasteiger partial charge < -0.3 is 9.64 Å². The van der Waals surface area contributed by atoms with Crippen LogP contribution in [-0.2, 0) is 11.2 Å². The van der Waals surface area contributed by atoms with E-state index in [9.17, 15) is 4.79 Å². The second-order valence-corrected chi connectivity index (χ2v) is 9.16. The standard InChI is InChI=1S/C24H30N4O2S/c1-18(2)17-30-24(29)25-21-9-5-3-7-19(21)11-12-27-13-15-28(16-14-27)23-20-8-4-6-10-22(20)31-26-23/h3-10,18H,11-17H2,1-2H3,(H,25,29). The monoisotopic (exact) mass is 438 g/mol. The number of carbonyl (C=O) groups excluding carboxylic acids is 1. The molecule has 1 aliphatic heterocycles. The van der Waals surface area contributed by atoms with Crippen molar-refractivity contribution in [2.75, 3.05) is 49.5 Å². The Labute approximate surface area is 188 Å². The molecule has 1 aromatic heterocycles. The lowest BCUT2D eigenvalue weighted by Gasteiger charge is -2.35. The Morgan fingerprint density at radius 3 is 2.65 bits per heavy atom. The highest BCUT2D eigenvalue weighted by Gasteiger charge is 2.20. The van der Waals surface area contributed by atoms with Crippen LogP contribution in [0.2, 0.25) is 0 Å². The average Bonchev–Trinajstić information content (AvgIpc) is 3.22. The summed E-state index contributed by atoms with van der Waals surface area (Å²) in [5, 5.41) is 4.16. The smallest absolute Gasteiger partial charge is 0.411 e. The summed E-state index contributed by atoms with van der Waals surface area (Å²) in [6.07, 6.45) is 0.505. The van der Waals surface area contributed by atoms with Crippen molar-refractivity contribution in [1.29, 1.82) is 0 Å². The highest BCUT2D eigenvalue weighted by molar-refractivity contribution is 7.13. The fraction of sp³-hybridized carbons (Fsp3) is 0.417. The number of nitrogens with zero attached hydrogens (tertiary/aromatic N) is 3. The van der Waals surface area contributed by atoms with Crippen LogP contribution in [0.5, 0.6) is 0 Å². The maximum absolute atomic E-state index is 12.1. The van der Waals surface area contributed by atoms with Crippen molar-refractivity contribution >= 4 is 39.2 Å². The maximum atomic E-state index is 12.1. The van der Waals surface area contributed by atoms with Gasteiger partial charge in [-0.05, 0) is 47.6 Å². The van der Waals surface area contributed by atoms with Gasteiger partial charge in [0.1, 0.15) is 5.82 Å². The molecule has 0 saturated carbocycles. The van der Waals surface area contributed by atoms with Gasteiger partial charge in [0, 0.05) is 43.8 Å². The van der Waals surface area contributed by atoms with E-state index >= 15 is 0 Å². The second kappa shape index (κ2) is 10.1. The Balaban J connectivity index is 1.29. The van der Waals surface area contributed by atoms with E-state index in [4.69, 9.17) is 9.11 Å². The minimum atomic E-state index is -0.384. The maximum Gasteiger partial charge on any atom is 0.411 e. The van der Waals surface area contributed by atoms with E-state index in [0.29, 0.717) is 12.5 Å². The molecule has 1 N–H and O–H groups in total. The van der Waals surface area contributed by atoms with Crippen molar-refractivity contribution in [3.63, 3.8) is 0 Å². The number of rotatable bonds is 7. The quantitative estimate of drug-likeness (QED) is 0.571. The zero-order valence-corrected chi connectivity index (χ0v) is 19.0. The van der Waals surface area contributed by atoms with Crippen molar-refractivity contribution in [3.8, 4) is 0 Å². The van der Waals surface area contributed by atoms with Gasteiger partial charge in [-0.25, -0.2) is 4.79 Å². The molecule has 0 aliphatic carbocycles. The molecule has 0 bridgehead atoms. The van der Waals surface area contributed by atoms with Gasteiger partial charge in [0.05, 0.1) is 11.3 Å². The summed E-state index contributed by atoms with van der Waals surface area (Å²) in [6, 6.07) is 16.4. The summed E-state index contributed by atoms with van der Waals surface area (Å²) in [5.41, 5.74) is 1.97. The Hall–Kier alpha value is -2.64. The van der Waals surface area contributed by atoms with Crippen LogP contribution in [0.4, 0.5) is 16.3 Å². The van der Waals surface area contributed by atoms with E-state index in [1.807, 2.05) is 32.0 Å². The molecular formula is C24H30N4O2S. The lowest BCUT2D eigenvalue weighted by Crippen LogP contribution is -2.47. The van der Waals surface area contributed by atoms with Gasteiger partial charge in [0.2, 0.25) is 0 Å². The van der Waals surface area contributed by atoms with Gasteiger partial charge >= 0.3 is 6.09 Å². The molecule has 4 rings (SSSR count). The molecule has 1 saturated heterocycles. The third-order valence-electron chi connectivity index (χ3n) is 5.53. The Bertz CT molecular complexity index is 1010. The normalized spacial score (nSPS) is 14.9. The number of fused-ring (bicyclic) bond motifs is 1. The fourth-order valence-electron chi connectivity index (χ4n) is 3.81. The van der Waals surface area contributed by atoms with Crippen molar-refractivity contribution in [1.82, 2.24) is 9.27 Å². The highest BCUT2D eigenvalue weighted by atomic mass is 32.1. The fourth-order valence-corrected chi connectivity index (χ4v) is 4.61. The van der Waals surface area contributed by atoms with Gasteiger partial charge in [-0.2, -0.15) is 4.37 Å². The molecule has 1 fully saturated rings. The molecule has 0 spiro atoms. The van der Waals surface area contributed by atoms with Crippen molar-refractivity contribution in [2.24, 2.45) is 5.92 Å². The highest BCUT2D eigenvalue weighted by Crippen LogP contribution is 2.29. The van der Waals surface area contributed by atoms with Crippen LogP contribution in [0.3, 0.4) is 0 Å². The topological polar surface area (TPSA) is 57.7 Å². The number of anilines is 2. The van der Waals surface area contributed by atoms with Crippen molar-refractivity contribution < 1.29 is 9.53 Å². The summed E-state index contributed by atoms with van der Waals surface area (Å²) >= 11 is 1.58. The third-order valence-corrected chi connectivity index (χ3v) is 6.35. The van der Waals surface area contributed by atoms with Gasteiger partial charge in [-0.15, -0.1) is 0 Å². The van der Waals surface area contributed by atoms with E-state index in [-0.39, 0.29) is 6.09 Å². The molecule has 2 aromatic carbocycles. The summed E-state index contributed by atoms with van der Waals surface area (Å²) in [6.45, 7) is 9.42. The molecule has 0 atom stereocenters. The van der Waals surface area contributed by atoms with Gasteiger partial charge in [-0.1, -0.05) is 44.2 Å². The summed E-state index contributed by atoms with van der Waals surface area (Å²) in [7, 11) is 0. The molecule has 0 unspecified atom stereocenters. The number of para-hydroxylation sites is 1. The van der Waals surface area contributed by atoms with E-state index in [2.05, 4.69) is 45.4 Å². The van der Waals surface area contributed by atoms with Crippen LogP contribution in [-0.4, -0.2) is 54.7 Å². The minimum absolute atomic E-state index is 0.321. The van der Waals surface area contributed by atoms with Gasteiger partial charge in [0.15, 0.2) is 0 Å². The predicted octanol–water partition coefficient (Wildman–Crippen LogP) is 4.87. The Morgan fingerprint density at radius 1 is 1.10 bits per heavy atom. The number of carbonyl (C=O) groups is 1. The molecule has 164 valence electrons. The zero-order valence-electron chi connectivity index (χ0n) is 18.2. The van der Waals surface area contributed by atoms with Gasteiger partial charge in [0.25, 0.3) is 0 Å². The van der Waals surface area contributed by atoms with Crippen LogP contribution < -0.4 is 10.2 Å². The number of benzene rings is 2. The number of aromatic nitrogens is 1. The van der Waals surface area contributed by atoms with Crippen LogP contribution in [0.1, 0.15) is 19.4 Å². The Kier molecular flexibility index (Phi) is 7.04. The average molecular weight is 439 g/mol. The number of ether oxygens (including phenoxy) is 1. The summed E-state index contributed by atoms with van der Waals surface area (Å²) in [5.74, 6) is 1.44. The number of hydrogen-bond donors (Lipinski definition) is 1.